The minimum absolute atomic E-state index is 0.961. The zero-order valence-electron chi connectivity index (χ0n) is 11.6. The van der Waals surface area contributed by atoms with E-state index < -0.39 is 0 Å². The molecule has 0 fully saturated rings. The number of hydrogen-bond acceptors (Lipinski definition) is 3. The smallest absolute Gasteiger partial charge is 0.0948 e. The predicted octanol–water partition coefficient (Wildman–Crippen LogP) is 3.13. The molecule has 0 atom stereocenters. The maximum absolute atomic E-state index is 4.20. The highest BCUT2D eigenvalue weighted by Gasteiger charge is 2.05. The van der Waals surface area contributed by atoms with Gasteiger partial charge in [-0.05, 0) is 26.1 Å². The fourth-order valence-electron chi connectivity index (χ4n) is 1.96. The lowest BCUT2D eigenvalue weighted by Crippen LogP contribution is -2.22. The number of rotatable bonds is 7. The van der Waals surface area contributed by atoms with E-state index in [9.17, 15) is 0 Å². The molecule has 0 aliphatic heterocycles. The van der Waals surface area contributed by atoms with Crippen LogP contribution in [0.3, 0.4) is 0 Å². The molecule has 0 radical (unpaired) electrons. The van der Waals surface area contributed by atoms with Crippen molar-refractivity contribution >= 4 is 11.8 Å². The fourth-order valence-corrected chi connectivity index (χ4v) is 2.94. The lowest BCUT2D eigenvalue weighted by atomic mass is 10.4. The van der Waals surface area contributed by atoms with E-state index in [2.05, 4.69) is 58.8 Å². The van der Waals surface area contributed by atoms with Crippen molar-refractivity contribution in [2.24, 2.45) is 0 Å². The minimum Gasteiger partial charge on any atom is -0.334 e. The van der Waals surface area contributed by atoms with Gasteiger partial charge in [0.1, 0.15) is 0 Å². The molecule has 0 aliphatic carbocycles. The van der Waals surface area contributed by atoms with Gasteiger partial charge < -0.3 is 4.57 Å². The Morgan fingerprint density at radius 2 is 2.05 bits per heavy atom. The van der Waals surface area contributed by atoms with Crippen molar-refractivity contribution in [2.45, 2.75) is 24.9 Å². The van der Waals surface area contributed by atoms with Crippen LogP contribution in [0.1, 0.15) is 12.6 Å². The Balaban J connectivity index is 1.74. The first kappa shape index (κ1) is 14.2. The van der Waals surface area contributed by atoms with Crippen LogP contribution < -0.4 is 0 Å². The molecule has 0 N–H and O–H groups in total. The summed E-state index contributed by atoms with van der Waals surface area (Å²) < 4.78 is 2.20. The van der Waals surface area contributed by atoms with E-state index in [0.717, 1.165) is 25.4 Å². The molecule has 19 heavy (non-hydrogen) atoms. The van der Waals surface area contributed by atoms with Gasteiger partial charge in [0.25, 0.3) is 0 Å². The van der Waals surface area contributed by atoms with Crippen molar-refractivity contribution in [2.75, 3.05) is 19.3 Å². The second kappa shape index (κ2) is 7.36. The number of aryl methyl sites for hydroxylation is 1. The second-order valence-corrected chi connectivity index (χ2v) is 5.74. The molecule has 102 valence electrons. The molecule has 0 spiro atoms. The standard InChI is InChI=1S/C15H21N3S/c1-3-18-13-16-11-14(18)12-17(2)9-10-19-15-7-5-4-6-8-15/h4-8,11,13H,3,9-10,12H2,1-2H3. The summed E-state index contributed by atoms with van der Waals surface area (Å²) >= 11 is 1.91. The van der Waals surface area contributed by atoms with Crippen molar-refractivity contribution in [3.8, 4) is 0 Å². The van der Waals surface area contributed by atoms with Crippen LogP contribution in [0.4, 0.5) is 0 Å². The van der Waals surface area contributed by atoms with Crippen LogP contribution in [0.25, 0.3) is 0 Å². The molecule has 0 saturated carbocycles. The number of aromatic nitrogens is 2. The Morgan fingerprint density at radius 1 is 1.26 bits per heavy atom. The van der Waals surface area contributed by atoms with E-state index in [0.29, 0.717) is 0 Å². The van der Waals surface area contributed by atoms with Gasteiger partial charge in [-0.25, -0.2) is 4.98 Å². The summed E-state index contributed by atoms with van der Waals surface area (Å²) in [5.41, 5.74) is 1.29. The summed E-state index contributed by atoms with van der Waals surface area (Å²) in [4.78, 5) is 7.89. The molecule has 1 aromatic heterocycles. The molecular weight excluding hydrogens is 254 g/mol. The Bertz CT molecular complexity index is 481. The molecule has 2 rings (SSSR count). The van der Waals surface area contributed by atoms with Gasteiger partial charge in [-0.2, -0.15) is 0 Å². The van der Waals surface area contributed by atoms with Gasteiger partial charge in [0.05, 0.1) is 12.0 Å². The van der Waals surface area contributed by atoms with E-state index in [1.165, 1.54) is 10.6 Å². The van der Waals surface area contributed by atoms with Crippen LogP contribution in [0.5, 0.6) is 0 Å². The van der Waals surface area contributed by atoms with Crippen molar-refractivity contribution < 1.29 is 0 Å². The zero-order chi connectivity index (χ0) is 13.5. The Hall–Kier alpha value is -1.26. The topological polar surface area (TPSA) is 21.1 Å². The largest absolute Gasteiger partial charge is 0.334 e. The van der Waals surface area contributed by atoms with Gasteiger partial charge in [-0.1, -0.05) is 18.2 Å². The van der Waals surface area contributed by atoms with Crippen LogP contribution in [0, 0.1) is 0 Å². The van der Waals surface area contributed by atoms with Crippen molar-refractivity contribution in [1.29, 1.82) is 0 Å². The Kier molecular flexibility index (Phi) is 5.48. The molecule has 0 aliphatic rings. The van der Waals surface area contributed by atoms with Gasteiger partial charge >= 0.3 is 0 Å². The summed E-state index contributed by atoms with van der Waals surface area (Å²) in [5.74, 6) is 1.11. The SMILES string of the molecule is CCn1cncc1CN(C)CCSc1ccccc1. The highest BCUT2D eigenvalue weighted by atomic mass is 32.2. The number of imidazole rings is 1. The number of nitrogens with zero attached hydrogens (tertiary/aromatic N) is 3. The van der Waals surface area contributed by atoms with Crippen LogP contribution in [0.2, 0.25) is 0 Å². The summed E-state index contributed by atoms with van der Waals surface area (Å²) in [6.45, 7) is 5.18. The summed E-state index contributed by atoms with van der Waals surface area (Å²) in [6, 6.07) is 10.6. The highest BCUT2D eigenvalue weighted by molar-refractivity contribution is 7.99. The number of hydrogen-bond donors (Lipinski definition) is 0. The summed E-state index contributed by atoms with van der Waals surface area (Å²) in [7, 11) is 2.17. The minimum atomic E-state index is 0.961. The lowest BCUT2D eigenvalue weighted by molar-refractivity contribution is 0.338. The lowest BCUT2D eigenvalue weighted by Gasteiger charge is -2.17. The molecule has 4 heteroatoms. The van der Waals surface area contributed by atoms with Gasteiger partial charge in [-0.15, -0.1) is 11.8 Å². The maximum Gasteiger partial charge on any atom is 0.0948 e. The first-order chi connectivity index (χ1) is 9.29. The third-order valence-corrected chi connectivity index (χ3v) is 4.05. The molecule has 0 amide bonds. The summed E-state index contributed by atoms with van der Waals surface area (Å²) in [5, 5.41) is 0. The van der Waals surface area contributed by atoms with E-state index in [1.807, 2.05) is 24.3 Å². The van der Waals surface area contributed by atoms with Crippen LogP contribution >= 0.6 is 11.8 Å². The van der Waals surface area contributed by atoms with E-state index in [1.54, 1.807) is 0 Å². The molecule has 1 aromatic carbocycles. The maximum atomic E-state index is 4.20. The van der Waals surface area contributed by atoms with Crippen molar-refractivity contribution in [3.63, 3.8) is 0 Å². The highest BCUT2D eigenvalue weighted by Crippen LogP contribution is 2.16. The van der Waals surface area contributed by atoms with Gasteiger partial charge in [0.2, 0.25) is 0 Å². The molecule has 0 unspecified atom stereocenters. The fraction of sp³-hybridized carbons (Fsp3) is 0.400. The summed E-state index contributed by atoms with van der Waals surface area (Å²) in [6.07, 6.45) is 3.87. The zero-order valence-corrected chi connectivity index (χ0v) is 12.4. The van der Waals surface area contributed by atoms with Gasteiger partial charge in [-0.3, -0.25) is 4.90 Å². The van der Waals surface area contributed by atoms with Gasteiger partial charge in [0.15, 0.2) is 0 Å². The van der Waals surface area contributed by atoms with Crippen molar-refractivity contribution in [1.82, 2.24) is 14.5 Å². The third kappa shape index (κ3) is 4.40. The number of benzene rings is 1. The van der Waals surface area contributed by atoms with E-state index in [4.69, 9.17) is 0 Å². The monoisotopic (exact) mass is 275 g/mol. The average molecular weight is 275 g/mol. The molecule has 0 bridgehead atoms. The third-order valence-electron chi connectivity index (χ3n) is 3.06. The molecular formula is C15H21N3S. The first-order valence-electron chi connectivity index (χ1n) is 6.65. The van der Waals surface area contributed by atoms with E-state index >= 15 is 0 Å². The average Bonchev–Trinajstić information content (AvgIpc) is 2.87. The quantitative estimate of drug-likeness (QED) is 0.724. The second-order valence-electron chi connectivity index (χ2n) is 4.57. The molecule has 1 heterocycles. The molecule has 2 aromatic rings. The normalized spacial score (nSPS) is 11.1. The molecule has 0 saturated heterocycles. The Labute approximate surface area is 119 Å². The van der Waals surface area contributed by atoms with Crippen LogP contribution in [-0.2, 0) is 13.1 Å². The molecule has 3 nitrogen and oxygen atoms in total. The van der Waals surface area contributed by atoms with E-state index in [-0.39, 0.29) is 0 Å². The van der Waals surface area contributed by atoms with Crippen LogP contribution in [0.15, 0.2) is 47.8 Å². The predicted molar refractivity (Wildman–Crippen MR) is 81.4 cm³/mol. The first-order valence-corrected chi connectivity index (χ1v) is 7.63. The number of thioether (sulfide) groups is 1. The Morgan fingerprint density at radius 3 is 2.79 bits per heavy atom. The van der Waals surface area contributed by atoms with Crippen LogP contribution in [-0.4, -0.2) is 33.8 Å². The van der Waals surface area contributed by atoms with Crippen molar-refractivity contribution in [3.05, 3.63) is 48.5 Å². The van der Waals surface area contributed by atoms with Gasteiger partial charge in [0, 0.05) is 36.5 Å².